The third kappa shape index (κ3) is 2.77. The van der Waals surface area contributed by atoms with Crippen LogP contribution in [0.25, 0.3) is 0 Å². The highest BCUT2D eigenvalue weighted by molar-refractivity contribution is 5.24. The smallest absolute Gasteiger partial charge is 0.222 e. The van der Waals surface area contributed by atoms with E-state index < -0.39 is 5.82 Å². The monoisotopic (exact) mass is 252 g/mol. The molecule has 0 radical (unpaired) electrons. The summed E-state index contributed by atoms with van der Waals surface area (Å²) in [5.41, 5.74) is 0.201. The van der Waals surface area contributed by atoms with Crippen LogP contribution in [0, 0.1) is 5.82 Å². The highest BCUT2D eigenvalue weighted by atomic mass is 19.1. The Morgan fingerprint density at radius 2 is 1.94 bits per heavy atom. The average molecular weight is 252 g/mol. The highest BCUT2D eigenvalue weighted by Crippen LogP contribution is 2.34. The van der Waals surface area contributed by atoms with E-state index in [9.17, 15) is 4.39 Å². The maximum atomic E-state index is 12.7. The largest absolute Gasteiger partial charge is 0.352 e. The molecular weight excluding hydrogens is 231 g/mol. The van der Waals surface area contributed by atoms with E-state index in [1.165, 1.54) is 38.1 Å². The molecule has 1 fully saturated rings. The van der Waals surface area contributed by atoms with Crippen LogP contribution in [0.1, 0.15) is 32.6 Å². The summed E-state index contributed by atoms with van der Waals surface area (Å²) in [5.74, 6) is 0.106. The van der Waals surface area contributed by atoms with Crippen LogP contribution >= 0.6 is 0 Å². The van der Waals surface area contributed by atoms with Crippen LogP contribution in [0.4, 0.5) is 10.3 Å². The summed E-state index contributed by atoms with van der Waals surface area (Å²) in [6.07, 6.45) is 7.34. The van der Waals surface area contributed by atoms with Gasteiger partial charge < -0.3 is 5.32 Å². The van der Waals surface area contributed by atoms with Crippen LogP contribution in [0.3, 0.4) is 0 Å². The second-order valence-electron chi connectivity index (χ2n) is 5.02. The number of anilines is 1. The predicted molar refractivity (Wildman–Crippen MR) is 70.0 cm³/mol. The molecule has 1 aromatic rings. The van der Waals surface area contributed by atoms with Crippen molar-refractivity contribution in [2.45, 2.75) is 38.1 Å². The lowest BCUT2D eigenvalue weighted by atomic mass is 9.95. The van der Waals surface area contributed by atoms with Crippen molar-refractivity contribution in [1.82, 2.24) is 14.9 Å². The molecule has 1 N–H and O–H groups in total. The minimum atomic E-state index is -0.401. The molecule has 1 saturated carbocycles. The van der Waals surface area contributed by atoms with Gasteiger partial charge in [0.05, 0.1) is 12.4 Å². The van der Waals surface area contributed by atoms with Gasteiger partial charge in [0, 0.05) is 12.1 Å². The molecule has 4 nitrogen and oxygen atoms in total. The summed E-state index contributed by atoms with van der Waals surface area (Å²) in [7, 11) is 2.17. The maximum absolute atomic E-state index is 12.7. The Labute approximate surface area is 108 Å². The predicted octanol–water partition coefficient (Wildman–Crippen LogP) is 2.29. The fourth-order valence-electron chi connectivity index (χ4n) is 2.71. The molecule has 0 unspecified atom stereocenters. The summed E-state index contributed by atoms with van der Waals surface area (Å²) in [6.45, 7) is 4.03. The molecule has 0 amide bonds. The first-order valence-corrected chi connectivity index (χ1v) is 6.59. The second kappa shape index (κ2) is 5.61. The van der Waals surface area contributed by atoms with Crippen molar-refractivity contribution in [3.63, 3.8) is 0 Å². The average Bonchev–Trinajstić information content (AvgIpc) is 2.87. The summed E-state index contributed by atoms with van der Waals surface area (Å²) in [5, 5.41) is 3.24. The molecule has 0 aromatic carbocycles. The van der Waals surface area contributed by atoms with Gasteiger partial charge in [-0.25, -0.2) is 14.4 Å². The third-order valence-corrected chi connectivity index (χ3v) is 4.01. The second-order valence-corrected chi connectivity index (χ2v) is 5.02. The molecule has 5 heteroatoms. The van der Waals surface area contributed by atoms with Crippen molar-refractivity contribution in [1.29, 1.82) is 0 Å². The molecule has 0 aliphatic heterocycles. The number of halogens is 1. The molecule has 1 heterocycles. The lowest BCUT2D eigenvalue weighted by molar-refractivity contribution is 0.144. The summed E-state index contributed by atoms with van der Waals surface area (Å²) < 4.78 is 12.7. The molecule has 1 aliphatic rings. The van der Waals surface area contributed by atoms with Crippen molar-refractivity contribution in [3.05, 3.63) is 18.2 Å². The molecular formula is C13H21FN4. The van der Waals surface area contributed by atoms with Crippen molar-refractivity contribution in [2.24, 2.45) is 0 Å². The minimum Gasteiger partial charge on any atom is -0.352 e. The minimum absolute atomic E-state index is 0.201. The number of likely N-dealkylation sites (N-methyl/N-ethyl adjacent to an activating group) is 1. The van der Waals surface area contributed by atoms with Gasteiger partial charge in [-0.05, 0) is 26.4 Å². The van der Waals surface area contributed by atoms with Gasteiger partial charge >= 0.3 is 0 Å². The zero-order chi connectivity index (χ0) is 13.0. The van der Waals surface area contributed by atoms with E-state index in [-0.39, 0.29) is 5.54 Å². The molecule has 2 rings (SSSR count). The Balaban J connectivity index is 2.00. The molecule has 0 saturated heterocycles. The lowest BCUT2D eigenvalue weighted by Crippen LogP contribution is -2.49. The highest BCUT2D eigenvalue weighted by Gasteiger charge is 2.36. The quantitative estimate of drug-likeness (QED) is 0.873. The van der Waals surface area contributed by atoms with Crippen LogP contribution in [-0.4, -0.2) is 40.5 Å². The number of hydrogen-bond acceptors (Lipinski definition) is 4. The van der Waals surface area contributed by atoms with Crippen LogP contribution in [-0.2, 0) is 0 Å². The van der Waals surface area contributed by atoms with Gasteiger partial charge in [0.2, 0.25) is 5.95 Å². The third-order valence-electron chi connectivity index (χ3n) is 4.01. The normalized spacial score (nSPS) is 18.2. The Morgan fingerprint density at radius 3 is 2.50 bits per heavy atom. The van der Waals surface area contributed by atoms with E-state index in [1.807, 2.05) is 0 Å². The van der Waals surface area contributed by atoms with Gasteiger partial charge in [0.25, 0.3) is 0 Å². The molecule has 1 aliphatic carbocycles. The number of aromatic nitrogens is 2. The number of nitrogens with one attached hydrogen (secondary N) is 1. The molecule has 18 heavy (non-hydrogen) atoms. The molecule has 1 aromatic heterocycles. The Morgan fingerprint density at radius 1 is 1.33 bits per heavy atom. The van der Waals surface area contributed by atoms with Crippen LogP contribution < -0.4 is 5.32 Å². The Hall–Kier alpha value is -1.23. The van der Waals surface area contributed by atoms with Crippen LogP contribution in [0.15, 0.2) is 12.4 Å². The summed E-state index contributed by atoms with van der Waals surface area (Å²) in [6, 6.07) is 0. The van der Waals surface area contributed by atoms with E-state index in [0.717, 1.165) is 13.1 Å². The number of rotatable bonds is 5. The number of hydrogen-bond donors (Lipinski definition) is 1. The zero-order valence-corrected chi connectivity index (χ0v) is 11.1. The van der Waals surface area contributed by atoms with E-state index in [2.05, 4.69) is 34.2 Å². The zero-order valence-electron chi connectivity index (χ0n) is 11.1. The van der Waals surface area contributed by atoms with Gasteiger partial charge in [0.1, 0.15) is 0 Å². The van der Waals surface area contributed by atoms with E-state index in [0.29, 0.717) is 5.95 Å². The lowest BCUT2D eigenvalue weighted by Gasteiger charge is -2.38. The first-order valence-electron chi connectivity index (χ1n) is 6.59. The van der Waals surface area contributed by atoms with E-state index in [4.69, 9.17) is 0 Å². The Kier molecular flexibility index (Phi) is 4.11. The van der Waals surface area contributed by atoms with Crippen LogP contribution in [0.2, 0.25) is 0 Å². The van der Waals surface area contributed by atoms with E-state index in [1.54, 1.807) is 0 Å². The summed E-state index contributed by atoms with van der Waals surface area (Å²) in [4.78, 5) is 10.3. The van der Waals surface area contributed by atoms with Crippen molar-refractivity contribution >= 4 is 5.95 Å². The van der Waals surface area contributed by atoms with Crippen molar-refractivity contribution < 1.29 is 4.39 Å². The molecule has 100 valence electrons. The fraction of sp³-hybridized carbons (Fsp3) is 0.692. The molecule has 0 spiro atoms. The fourth-order valence-corrected chi connectivity index (χ4v) is 2.71. The first kappa shape index (κ1) is 13.2. The number of nitrogens with zero attached hydrogens (tertiary/aromatic N) is 3. The van der Waals surface area contributed by atoms with Crippen LogP contribution in [0.5, 0.6) is 0 Å². The SMILES string of the molecule is CCN(C)C1(CNc2ncc(F)cn2)CCCC1. The maximum Gasteiger partial charge on any atom is 0.222 e. The van der Waals surface area contributed by atoms with Gasteiger partial charge in [-0.1, -0.05) is 19.8 Å². The standard InChI is InChI=1S/C13H21FN4/c1-3-18(2)13(6-4-5-7-13)10-17-12-15-8-11(14)9-16-12/h8-9H,3-7,10H2,1-2H3,(H,15,16,17). The molecule has 0 bridgehead atoms. The van der Waals surface area contributed by atoms with Gasteiger partial charge in [0.15, 0.2) is 5.82 Å². The van der Waals surface area contributed by atoms with Gasteiger partial charge in [-0.3, -0.25) is 4.90 Å². The Bertz CT molecular complexity index is 373. The first-order chi connectivity index (χ1) is 8.66. The topological polar surface area (TPSA) is 41.0 Å². The summed E-state index contributed by atoms with van der Waals surface area (Å²) >= 11 is 0. The van der Waals surface area contributed by atoms with Crippen molar-refractivity contribution in [3.8, 4) is 0 Å². The molecule has 0 atom stereocenters. The van der Waals surface area contributed by atoms with E-state index >= 15 is 0 Å². The van der Waals surface area contributed by atoms with Gasteiger partial charge in [-0.15, -0.1) is 0 Å². The van der Waals surface area contributed by atoms with Crippen molar-refractivity contribution in [2.75, 3.05) is 25.5 Å². The van der Waals surface area contributed by atoms with Gasteiger partial charge in [-0.2, -0.15) is 0 Å².